The standard InChI is InChI=1S/C28H24N2O5S/c29-36(34)20-12-11-18-13-17(9-10-19(18)15-20)14-26(27(31)32)30-28(33)35-16-25-23-7-3-1-5-21(23)22-6-2-4-8-24(22)25/h1-13,15,25-26H,14,16,29H2,(H,30,33)(H,31,32)/t26-,36+/m0/s1. The molecule has 0 radical (unpaired) electrons. The Kier molecular flexibility index (Phi) is 6.54. The minimum Gasteiger partial charge on any atom is -0.480 e. The lowest BCUT2D eigenvalue weighted by molar-refractivity contribution is -0.139. The fourth-order valence-corrected chi connectivity index (χ4v) is 5.19. The molecule has 0 aromatic heterocycles. The summed E-state index contributed by atoms with van der Waals surface area (Å²) >= 11 is 0. The molecule has 5 rings (SSSR count). The highest BCUT2D eigenvalue weighted by Crippen LogP contribution is 2.44. The number of alkyl carbamates (subject to hydrolysis) is 1. The Morgan fingerprint density at radius 1 is 0.917 bits per heavy atom. The van der Waals surface area contributed by atoms with Gasteiger partial charge in [0.1, 0.15) is 23.6 Å². The van der Waals surface area contributed by atoms with Crippen molar-refractivity contribution in [3.63, 3.8) is 0 Å². The summed E-state index contributed by atoms with van der Waals surface area (Å²) in [6.45, 7) is 0.104. The maximum Gasteiger partial charge on any atom is 0.407 e. The molecular weight excluding hydrogens is 476 g/mol. The van der Waals surface area contributed by atoms with Crippen molar-refractivity contribution >= 4 is 33.8 Å². The fourth-order valence-electron chi connectivity index (χ4n) is 4.74. The van der Waals surface area contributed by atoms with Crippen molar-refractivity contribution in [3.8, 4) is 11.1 Å². The molecule has 182 valence electrons. The van der Waals surface area contributed by atoms with Crippen LogP contribution in [0.2, 0.25) is 0 Å². The number of amides is 1. The van der Waals surface area contributed by atoms with Crippen molar-refractivity contribution in [1.82, 2.24) is 5.32 Å². The number of hydrogen-bond donors (Lipinski definition) is 3. The number of carboxylic acids is 1. The quantitative estimate of drug-likeness (QED) is 0.349. The Balaban J connectivity index is 1.26. The molecule has 0 fully saturated rings. The van der Waals surface area contributed by atoms with Crippen LogP contribution >= 0.6 is 0 Å². The van der Waals surface area contributed by atoms with Gasteiger partial charge in [0.15, 0.2) is 0 Å². The van der Waals surface area contributed by atoms with Gasteiger partial charge in [0, 0.05) is 12.3 Å². The SMILES string of the molecule is N[S@](=O)c1ccc2cc(C[C@H](NC(=O)OCC3c4ccccc4-c4ccccc43)C(=O)O)ccc2c1. The van der Waals surface area contributed by atoms with Gasteiger partial charge < -0.3 is 15.2 Å². The highest BCUT2D eigenvalue weighted by atomic mass is 32.2. The second-order valence-electron chi connectivity index (χ2n) is 8.71. The molecule has 1 amide bonds. The van der Waals surface area contributed by atoms with Crippen LogP contribution in [0.15, 0.2) is 89.8 Å². The van der Waals surface area contributed by atoms with E-state index < -0.39 is 29.1 Å². The van der Waals surface area contributed by atoms with Crippen LogP contribution in [0.4, 0.5) is 4.79 Å². The average Bonchev–Trinajstić information content (AvgIpc) is 3.20. The van der Waals surface area contributed by atoms with E-state index in [9.17, 15) is 18.9 Å². The largest absolute Gasteiger partial charge is 0.480 e. The third-order valence-corrected chi connectivity index (χ3v) is 7.20. The van der Waals surface area contributed by atoms with Crippen LogP contribution in [0.1, 0.15) is 22.6 Å². The number of carboxylic acid groups (broad SMARTS) is 1. The van der Waals surface area contributed by atoms with Crippen molar-refractivity contribution in [3.05, 3.63) is 102 Å². The van der Waals surface area contributed by atoms with E-state index in [0.29, 0.717) is 4.90 Å². The highest BCUT2D eigenvalue weighted by molar-refractivity contribution is 7.82. The molecule has 0 spiro atoms. The third-order valence-electron chi connectivity index (χ3n) is 6.48. The van der Waals surface area contributed by atoms with E-state index in [4.69, 9.17) is 9.88 Å². The Hall–Kier alpha value is -4.01. The van der Waals surface area contributed by atoms with Gasteiger partial charge in [0.2, 0.25) is 0 Å². The summed E-state index contributed by atoms with van der Waals surface area (Å²) in [5, 5.41) is 19.3. The zero-order valence-electron chi connectivity index (χ0n) is 19.2. The monoisotopic (exact) mass is 500 g/mol. The first-order valence-corrected chi connectivity index (χ1v) is 12.6. The number of hydrogen-bond acceptors (Lipinski definition) is 4. The average molecular weight is 501 g/mol. The number of carbonyl (C=O) groups is 2. The number of ether oxygens (including phenoxy) is 1. The molecule has 36 heavy (non-hydrogen) atoms. The molecule has 4 aromatic carbocycles. The first-order valence-electron chi connectivity index (χ1n) is 11.4. The number of benzene rings is 4. The van der Waals surface area contributed by atoms with E-state index in [-0.39, 0.29) is 18.9 Å². The topological polar surface area (TPSA) is 119 Å². The summed E-state index contributed by atoms with van der Waals surface area (Å²) < 4.78 is 17.0. The molecule has 4 aromatic rings. The van der Waals surface area contributed by atoms with Gasteiger partial charge in [-0.1, -0.05) is 72.8 Å². The lowest BCUT2D eigenvalue weighted by atomic mass is 9.98. The predicted molar refractivity (Wildman–Crippen MR) is 138 cm³/mol. The second kappa shape index (κ2) is 9.93. The molecule has 4 N–H and O–H groups in total. The molecule has 0 saturated carbocycles. The lowest BCUT2D eigenvalue weighted by Crippen LogP contribution is -2.42. The number of aliphatic carboxylic acids is 1. The van der Waals surface area contributed by atoms with Crippen LogP contribution < -0.4 is 10.5 Å². The van der Waals surface area contributed by atoms with Crippen LogP contribution in [0, 0.1) is 0 Å². The molecule has 1 aliphatic rings. The van der Waals surface area contributed by atoms with Gasteiger partial charge in [-0.3, -0.25) is 0 Å². The summed E-state index contributed by atoms with van der Waals surface area (Å²) in [6, 6.07) is 25.5. The van der Waals surface area contributed by atoms with Crippen LogP contribution in [-0.4, -0.2) is 34.0 Å². The number of carbonyl (C=O) groups excluding carboxylic acids is 1. The summed E-state index contributed by atoms with van der Waals surface area (Å²) in [5.41, 5.74) is 5.13. The maximum atomic E-state index is 12.6. The van der Waals surface area contributed by atoms with Gasteiger partial charge in [-0.15, -0.1) is 0 Å². The molecule has 0 aliphatic heterocycles. The zero-order chi connectivity index (χ0) is 25.2. The van der Waals surface area contributed by atoms with Crippen molar-refractivity contribution in [2.75, 3.05) is 6.61 Å². The van der Waals surface area contributed by atoms with E-state index in [2.05, 4.69) is 17.4 Å². The minimum absolute atomic E-state index is 0.0834. The lowest BCUT2D eigenvalue weighted by Gasteiger charge is -2.18. The van der Waals surface area contributed by atoms with E-state index in [0.717, 1.165) is 38.6 Å². The van der Waals surface area contributed by atoms with Gasteiger partial charge in [0.25, 0.3) is 0 Å². The van der Waals surface area contributed by atoms with Crippen molar-refractivity contribution in [2.45, 2.75) is 23.3 Å². The van der Waals surface area contributed by atoms with Crippen LogP contribution in [0.3, 0.4) is 0 Å². The van der Waals surface area contributed by atoms with Gasteiger partial charge in [-0.2, -0.15) is 0 Å². The summed E-state index contributed by atoms with van der Waals surface area (Å²) in [6.07, 6.45) is -0.694. The van der Waals surface area contributed by atoms with Crippen LogP contribution in [-0.2, 0) is 26.9 Å². The summed E-state index contributed by atoms with van der Waals surface area (Å²) in [7, 11) is -1.58. The third kappa shape index (κ3) is 4.73. The van der Waals surface area contributed by atoms with Crippen molar-refractivity contribution < 1.29 is 23.6 Å². The second-order valence-corrected chi connectivity index (χ2v) is 9.77. The normalized spacial score (nSPS) is 14.0. The zero-order valence-corrected chi connectivity index (χ0v) is 20.0. The first-order chi connectivity index (χ1) is 17.4. The van der Waals surface area contributed by atoms with E-state index in [1.165, 1.54) is 0 Å². The Bertz CT molecular complexity index is 1460. The number of nitrogens with one attached hydrogen (secondary N) is 1. The summed E-state index contributed by atoms with van der Waals surface area (Å²) in [5.74, 6) is -1.27. The number of fused-ring (bicyclic) bond motifs is 4. The van der Waals surface area contributed by atoms with Gasteiger partial charge in [-0.25, -0.2) is 18.9 Å². The molecule has 1 aliphatic carbocycles. The molecule has 2 atom stereocenters. The van der Waals surface area contributed by atoms with E-state index >= 15 is 0 Å². The maximum absolute atomic E-state index is 12.6. The van der Waals surface area contributed by atoms with Crippen molar-refractivity contribution in [2.24, 2.45) is 5.14 Å². The predicted octanol–water partition coefficient (Wildman–Crippen LogP) is 4.36. The van der Waals surface area contributed by atoms with E-state index in [1.807, 2.05) is 48.5 Å². The van der Waals surface area contributed by atoms with Crippen molar-refractivity contribution in [1.29, 1.82) is 0 Å². The van der Waals surface area contributed by atoms with Gasteiger partial charge in [0.05, 0.1) is 4.90 Å². The first kappa shape index (κ1) is 23.7. The molecule has 0 bridgehead atoms. The molecular formula is C28H24N2O5S. The van der Waals surface area contributed by atoms with Gasteiger partial charge in [-0.05, 0) is 50.7 Å². The number of nitrogens with two attached hydrogens (primary N) is 1. The van der Waals surface area contributed by atoms with Crippen LogP contribution in [0.5, 0.6) is 0 Å². The van der Waals surface area contributed by atoms with Gasteiger partial charge >= 0.3 is 12.1 Å². The molecule has 0 heterocycles. The highest BCUT2D eigenvalue weighted by Gasteiger charge is 2.29. The molecule has 8 heteroatoms. The molecule has 0 saturated heterocycles. The Morgan fingerprint density at radius 2 is 1.53 bits per heavy atom. The van der Waals surface area contributed by atoms with E-state index in [1.54, 1.807) is 24.3 Å². The summed E-state index contributed by atoms with van der Waals surface area (Å²) in [4.78, 5) is 25.0. The molecule has 0 unspecified atom stereocenters. The Morgan fingerprint density at radius 3 is 2.17 bits per heavy atom. The molecule has 7 nitrogen and oxygen atoms in total. The fraction of sp³-hybridized carbons (Fsp3) is 0.143. The smallest absolute Gasteiger partial charge is 0.407 e. The van der Waals surface area contributed by atoms with Crippen LogP contribution in [0.25, 0.3) is 21.9 Å². The minimum atomic E-state index is -1.58. The Labute approximate surface area is 210 Å². The number of rotatable bonds is 7.